The number of rotatable bonds is 10. The first-order valence-electron chi connectivity index (χ1n) is 11.2. The van der Waals surface area contributed by atoms with Gasteiger partial charge in [0.25, 0.3) is 5.91 Å². The molecule has 2 heterocycles. The quantitative estimate of drug-likeness (QED) is 0.629. The van der Waals surface area contributed by atoms with Crippen LogP contribution in [-0.4, -0.2) is 62.2 Å². The summed E-state index contributed by atoms with van der Waals surface area (Å²) in [6.07, 6.45) is 3.61. The van der Waals surface area contributed by atoms with Crippen molar-refractivity contribution in [2.75, 3.05) is 51.3 Å². The second kappa shape index (κ2) is 11.6. The van der Waals surface area contributed by atoms with Crippen LogP contribution in [0.1, 0.15) is 42.6 Å². The molecule has 1 saturated heterocycles. The average molecular weight is 427 g/mol. The average Bonchev–Trinajstić information content (AvgIpc) is 2.80. The SMILES string of the molecule is CCCOc1ccc(C(=O)NCc2cccnc2N2CCN(C)CC2)cc1OCCC. The van der Waals surface area contributed by atoms with Crippen molar-refractivity contribution in [1.29, 1.82) is 0 Å². The third kappa shape index (κ3) is 6.34. The van der Waals surface area contributed by atoms with Crippen LogP contribution in [0.25, 0.3) is 0 Å². The van der Waals surface area contributed by atoms with Crippen LogP contribution in [0, 0.1) is 0 Å². The molecule has 0 aliphatic carbocycles. The van der Waals surface area contributed by atoms with Crippen molar-refractivity contribution in [2.45, 2.75) is 33.2 Å². The van der Waals surface area contributed by atoms with Crippen molar-refractivity contribution in [2.24, 2.45) is 0 Å². The summed E-state index contributed by atoms with van der Waals surface area (Å²) >= 11 is 0. The van der Waals surface area contributed by atoms with Gasteiger partial charge < -0.3 is 24.6 Å². The Morgan fingerprint density at radius 3 is 2.45 bits per heavy atom. The second-order valence-corrected chi connectivity index (χ2v) is 7.82. The Balaban J connectivity index is 1.68. The van der Waals surface area contributed by atoms with Crippen LogP contribution in [0.15, 0.2) is 36.5 Å². The van der Waals surface area contributed by atoms with E-state index < -0.39 is 0 Å². The van der Waals surface area contributed by atoms with Crippen LogP contribution in [0.2, 0.25) is 0 Å². The topological polar surface area (TPSA) is 66.9 Å². The maximum atomic E-state index is 12.9. The van der Waals surface area contributed by atoms with E-state index in [0.29, 0.717) is 36.8 Å². The number of amides is 1. The molecule has 1 aliphatic rings. The Bertz CT molecular complexity index is 850. The molecule has 2 aromatic rings. The molecule has 7 nitrogen and oxygen atoms in total. The molecule has 0 bridgehead atoms. The zero-order chi connectivity index (χ0) is 22.1. The lowest BCUT2D eigenvalue weighted by Crippen LogP contribution is -2.45. The lowest BCUT2D eigenvalue weighted by Gasteiger charge is -2.34. The number of carbonyl (C=O) groups is 1. The molecule has 0 radical (unpaired) electrons. The third-order valence-corrected chi connectivity index (χ3v) is 5.24. The zero-order valence-corrected chi connectivity index (χ0v) is 18.9. The highest BCUT2D eigenvalue weighted by Gasteiger charge is 2.18. The minimum absolute atomic E-state index is 0.142. The van der Waals surface area contributed by atoms with Gasteiger partial charge in [0, 0.05) is 50.0 Å². The first-order chi connectivity index (χ1) is 15.1. The maximum absolute atomic E-state index is 12.9. The first kappa shape index (κ1) is 22.9. The summed E-state index contributed by atoms with van der Waals surface area (Å²) in [5.41, 5.74) is 1.57. The molecule has 0 unspecified atom stereocenters. The van der Waals surface area contributed by atoms with E-state index in [1.807, 2.05) is 24.4 Å². The number of benzene rings is 1. The summed E-state index contributed by atoms with van der Waals surface area (Å²) in [4.78, 5) is 22.0. The number of piperazine rings is 1. The molecule has 1 N–H and O–H groups in total. The van der Waals surface area contributed by atoms with Crippen LogP contribution in [0.5, 0.6) is 11.5 Å². The number of nitrogens with zero attached hydrogens (tertiary/aromatic N) is 3. The van der Waals surface area contributed by atoms with E-state index in [0.717, 1.165) is 50.4 Å². The number of hydrogen-bond donors (Lipinski definition) is 1. The van der Waals surface area contributed by atoms with E-state index >= 15 is 0 Å². The highest BCUT2D eigenvalue weighted by Crippen LogP contribution is 2.29. The van der Waals surface area contributed by atoms with Crippen molar-refractivity contribution in [3.8, 4) is 11.5 Å². The van der Waals surface area contributed by atoms with Crippen LogP contribution < -0.4 is 19.7 Å². The van der Waals surface area contributed by atoms with Crippen molar-refractivity contribution in [1.82, 2.24) is 15.2 Å². The Morgan fingerprint density at radius 2 is 1.74 bits per heavy atom. The zero-order valence-electron chi connectivity index (χ0n) is 18.9. The Labute approximate surface area is 185 Å². The second-order valence-electron chi connectivity index (χ2n) is 7.82. The Kier molecular flexibility index (Phi) is 8.53. The van der Waals surface area contributed by atoms with Crippen LogP contribution in [0.3, 0.4) is 0 Å². The van der Waals surface area contributed by atoms with Gasteiger partial charge >= 0.3 is 0 Å². The fourth-order valence-electron chi connectivity index (χ4n) is 3.45. The Hall–Kier alpha value is -2.80. The number of ether oxygens (including phenoxy) is 2. The molecule has 1 aromatic carbocycles. The van der Waals surface area contributed by atoms with E-state index in [4.69, 9.17) is 9.47 Å². The summed E-state index contributed by atoms with van der Waals surface area (Å²) < 4.78 is 11.6. The smallest absolute Gasteiger partial charge is 0.251 e. The van der Waals surface area contributed by atoms with E-state index in [-0.39, 0.29) is 5.91 Å². The molecule has 0 atom stereocenters. The molecule has 0 spiro atoms. The van der Waals surface area contributed by atoms with Crippen LogP contribution >= 0.6 is 0 Å². The van der Waals surface area contributed by atoms with E-state index in [1.54, 1.807) is 12.1 Å². The van der Waals surface area contributed by atoms with Gasteiger partial charge in [-0.05, 0) is 44.2 Å². The minimum atomic E-state index is -0.142. The lowest BCUT2D eigenvalue weighted by atomic mass is 10.1. The van der Waals surface area contributed by atoms with Gasteiger partial charge in [0.2, 0.25) is 0 Å². The van der Waals surface area contributed by atoms with Gasteiger partial charge in [-0.25, -0.2) is 4.98 Å². The highest BCUT2D eigenvalue weighted by molar-refractivity contribution is 5.94. The van der Waals surface area contributed by atoms with E-state index in [9.17, 15) is 4.79 Å². The van der Waals surface area contributed by atoms with Crippen molar-refractivity contribution < 1.29 is 14.3 Å². The molecule has 1 amide bonds. The van der Waals surface area contributed by atoms with Gasteiger partial charge in [-0.15, -0.1) is 0 Å². The van der Waals surface area contributed by atoms with Crippen LogP contribution in [0.4, 0.5) is 5.82 Å². The van der Waals surface area contributed by atoms with Gasteiger partial charge in [-0.2, -0.15) is 0 Å². The summed E-state index contributed by atoms with van der Waals surface area (Å²) in [5, 5.41) is 3.04. The van der Waals surface area contributed by atoms with Crippen LogP contribution in [-0.2, 0) is 6.54 Å². The fourth-order valence-corrected chi connectivity index (χ4v) is 3.45. The summed E-state index contributed by atoms with van der Waals surface area (Å²) in [5.74, 6) is 2.10. The first-order valence-corrected chi connectivity index (χ1v) is 11.2. The lowest BCUT2D eigenvalue weighted by molar-refractivity contribution is 0.0950. The highest BCUT2D eigenvalue weighted by atomic mass is 16.5. The largest absolute Gasteiger partial charge is 0.490 e. The number of likely N-dealkylation sites (N-methyl/N-ethyl adjacent to an activating group) is 1. The van der Waals surface area contributed by atoms with Gasteiger partial charge in [-0.1, -0.05) is 19.9 Å². The number of pyridine rings is 1. The van der Waals surface area contributed by atoms with Gasteiger partial charge in [0.1, 0.15) is 5.82 Å². The third-order valence-electron chi connectivity index (χ3n) is 5.24. The number of hydrogen-bond acceptors (Lipinski definition) is 6. The maximum Gasteiger partial charge on any atom is 0.251 e. The number of nitrogens with one attached hydrogen (secondary N) is 1. The molecular weight excluding hydrogens is 392 g/mol. The molecule has 0 saturated carbocycles. The van der Waals surface area contributed by atoms with Gasteiger partial charge in [0.15, 0.2) is 11.5 Å². The number of anilines is 1. The minimum Gasteiger partial charge on any atom is -0.490 e. The molecule has 168 valence electrons. The summed E-state index contributed by atoms with van der Waals surface area (Å²) in [6, 6.07) is 9.30. The van der Waals surface area contributed by atoms with Crippen molar-refractivity contribution >= 4 is 11.7 Å². The normalized spacial score (nSPS) is 14.4. The van der Waals surface area contributed by atoms with Crippen molar-refractivity contribution in [3.63, 3.8) is 0 Å². The summed E-state index contributed by atoms with van der Waals surface area (Å²) in [6.45, 7) is 9.62. The molecular formula is C24H34N4O3. The summed E-state index contributed by atoms with van der Waals surface area (Å²) in [7, 11) is 2.13. The fraction of sp³-hybridized carbons (Fsp3) is 0.500. The molecule has 3 rings (SSSR count). The van der Waals surface area contributed by atoms with Gasteiger partial charge in [0.05, 0.1) is 13.2 Å². The van der Waals surface area contributed by atoms with Gasteiger partial charge in [-0.3, -0.25) is 4.79 Å². The molecule has 1 aromatic heterocycles. The van der Waals surface area contributed by atoms with E-state index in [2.05, 4.69) is 41.0 Å². The molecule has 31 heavy (non-hydrogen) atoms. The Morgan fingerprint density at radius 1 is 1.03 bits per heavy atom. The predicted octanol–water partition coefficient (Wildman–Crippen LogP) is 3.34. The molecule has 7 heteroatoms. The predicted molar refractivity (Wildman–Crippen MR) is 123 cm³/mol. The van der Waals surface area contributed by atoms with Crippen molar-refractivity contribution in [3.05, 3.63) is 47.7 Å². The standard InChI is InChI=1S/C24H34N4O3/c1-4-15-30-21-9-8-19(17-22(21)31-16-5-2)24(29)26-18-20-7-6-10-25-23(20)28-13-11-27(3)12-14-28/h6-10,17H,4-5,11-16,18H2,1-3H3,(H,26,29). The van der Waals surface area contributed by atoms with E-state index in [1.165, 1.54) is 0 Å². The number of carbonyl (C=O) groups excluding carboxylic acids is 1. The monoisotopic (exact) mass is 426 g/mol. The molecule has 1 fully saturated rings. The number of aromatic nitrogens is 1. The molecule has 1 aliphatic heterocycles.